The van der Waals surface area contributed by atoms with E-state index in [-0.39, 0.29) is 10.6 Å². The lowest BCUT2D eigenvalue weighted by molar-refractivity contribution is -0.113. The predicted octanol–water partition coefficient (Wildman–Crippen LogP) is 3.53. The summed E-state index contributed by atoms with van der Waals surface area (Å²) < 4.78 is 51.2. The van der Waals surface area contributed by atoms with Crippen LogP contribution in [0.5, 0.6) is 0 Å². The number of benzene rings is 3. The quantitative estimate of drug-likeness (QED) is 0.773. The molecule has 0 aromatic heterocycles. The number of hydrogen-bond acceptors (Lipinski definition) is 3. The Labute approximate surface area is 143 Å². The molecule has 0 radical (unpaired) electrons. The molecule has 0 heterocycles. The molecule has 0 saturated heterocycles. The third-order valence-electron chi connectivity index (χ3n) is 3.61. The number of rotatable bonds is 4. The second-order valence-electron chi connectivity index (χ2n) is 5.44. The van der Waals surface area contributed by atoms with Crippen LogP contribution in [0.25, 0.3) is 10.8 Å². The number of hydrogen-bond donors (Lipinski definition) is 1. The Morgan fingerprint density at radius 3 is 2.36 bits per heavy atom. The monoisotopic (exact) mass is 361 g/mol. The Bertz CT molecular complexity index is 1060. The summed E-state index contributed by atoms with van der Waals surface area (Å²) in [5.74, 6) is -3.52. The summed E-state index contributed by atoms with van der Waals surface area (Å²) in [4.78, 5) is 12.0. The van der Waals surface area contributed by atoms with Gasteiger partial charge in [-0.3, -0.25) is 4.79 Å². The maximum absolute atomic E-state index is 13.5. The van der Waals surface area contributed by atoms with Gasteiger partial charge in [0.2, 0.25) is 5.91 Å². The number of anilines is 1. The smallest absolute Gasteiger partial charge is 0.240 e. The first-order valence-electron chi connectivity index (χ1n) is 7.32. The number of nitrogens with one attached hydrogen (secondary N) is 1. The van der Waals surface area contributed by atoms with E-state index in [9.17, 15) is 22.0 Å². The van der Waals surface area contributed by atoms with Crippen LogP contribution in [0, 0.1) is 11.6 Å². The van der Waals surface area contributed by atoms with Crippen LogP contribution >= 0.6 is 0 Å². The highest BCUT2D eigenvalue weighted by molar-refractivity contribution is 7.92. The largest absolute Gasteiger partial charge is 0.323 e. The van der Waals surface area contributed by atoms with Crippen LogP contribution in [0.2, 0.25) is 0 Å². The number of carbonyl (C=O) groups excluding carboxylic acids is 1. The molecule has 0 aliphatic rings. The Balaban J connectivity index is 1.81. The van der Waals surface area contributed by atoms with Gasteiger partial charge in [0.25, 0.3) is 0 Å². The lowest BCUT2D eigenvalue weighted by Gasteiger charge is -2.08. The van der Waals surface area contributed by atoms with Crippen LogP contribution in [0.3, 0.4) is 0 Å². The molecule has 1 amide bonds. The summed E-state index contributed by atoms with van der Waals surface area (Å²) in [6.07, 6.45) is 0. The first-order chi connectivity index (χ1) is 11.8. The van der Waals surface area contributed by atoms with Gasteiger partial charge in [0, 0.05) is 6.07 Å². The molecule has 3 aromatic carbocycles. The molecule has 0 spiro atoms. The van der Waals surface area contributed by atoms with Gasteiger partial charge < -0.3 is 5.32 Å². The molecule has 0 atom stereocenters. The fraction of sp³-hybridized carbons (Fsp3) is 0.0556. The minimum Gasteiger partial charge on any atom is -0.323 e. The summed E-state index contributed by atoms with van der Waals surface area (Å²) in [7, 11) is -3.90. The molecule has 25 heavy (non-hydrogen) atoms. The van der Waals surface area contributed by atoms with E-state index in [1.54, 1.807) is 18.2 Å². The van der Waals surface area contributed by atoms with E-state index in [1.807, 2.05) is 12.1 Å². The van der Waals surface area contributed by atoms with E-state index in [0.29, 0.717) is 6.07 Å². The fourth-order valence-corrected chi connectivity index (χ4v) is 3.56. The summed E-state index contributed by atoms with van der Waals surface area (Å²) in [5.41, 5.74) is -0.278. The van der Waals surface area contributed by atoms with E-state index in [4.69, 9.17) is 0 Å². The Hall–Kier alpha value is -2.80. The fourth-order valence-electron chi connectivity index (χ4n) is 2.39. The number of amides is 1. The van der Waals surface area contributed by atoms with Crippen LogP contribution in [0.1, 0.15) is 0 Å². The van der Waals surface area contributed by atoms with E-state index < -0.39 is 33.1 Å². The number of halogens is 2. The Kier molecular flexibility index (Phi) is 4.50. The maximum atomic E-state index is 13.5. The van der Waals surface area contributed by atoms with Crippen LogP contribution in [-0.4, -0.2) is 20.1 Å². The van der Waals surface area contributed by atoms with Crippen molar-refractivity contribution in [3.63, 3.8) is 0 Å². The minimum absolute atomic E-state index is 0.000859. The SMILES string of the molecule is O=C(CS(=O)(=O)c1ccc2ccccc2c1)Nc1ccc(F)cc1F. The normalized spacial score (nSPS) is 11.4. The average Bonchev–Trinajstić information content (AvgIpc) is 2.56. The highest BCUT2D eigenvalue weighted by atomic mass is 32.2. The molecule has 7 heteroatoms. The molecule has 0 saturated carbocycles. The van der Waals surface area contributed by atoms with Crippen LogP contribution in [-0.2, 0) is 14.6 Å². The Morgan fingerprint density at radius 1 is 0.920 bits per heavy atom. The maximum Gasteiger partial charge on any atom is 0.240 e. The first kappa shape index (κ1) is 17.0. The lowest BCUT2D eigenvalue weighted by atomic mass is 10.1. The van der Waals surface area contributed by atoms with Gasteiger partial charge in [0.15, 0.2) is 9.84 Å². The van der Waals surface area contributed by atoms with Gasteiger partial charge in [-0.15, -0.1) is 0 Å². The van der Waals surface area contributed by atoms with Gasteiger partial charge in [0.1, 0.15) is 17.4 Å². The third kappa shape index (κ3) is 3.83. The van der Waals surface area contributed by atoms with Gasteiger partial charge in [-0.2, -0.15) is 0 Å². The van der Waals surface area contributed by atoms with Crippen LogP contribution in [0.15, 0.2) is 65.6 Å². The molecule has 0 unspecified atom stereocenters. The molecule has 4 nitrogen and oxygen atoms in total. The lowest BCUT2D eigenvalue weighted by Crippen LogP contribution is -2.23. The van der Waals surface area contributed by atoms with E-state index in [2.05, 4.69) is 5.32 Å². The van der Waals surface area contributed by atoms with Crippen molar-refractivity contribution in [1.29, 1.82) is 0 Å². The van der Waals surface area contributed by atoms with Crippen molar-refractivity contribution in [2.75, 3.05) is 11.1 Å². The van der Waals surface area contributed by atoms with Gasteiger partial charge in [-0.1, -0.05) is 30.3 Å². The van der Waals surface area contributed by atoms with Gasteiger partial charge >= 0.3 is 0 Å². The van der Waals surface area contributed by atoms with Crippen molar-refractivity contribution in [3.05, 3.63) is 72.3 Å². The van der Waals surface area contributed by atoms with Crippen molar-refractivity contribution in [3.8, 4) is 0 Å². The Morgan fingerprint density at radius 2 is 1.64 bits per heavy atom. The summed E-state index contributed by atoms with van der Waals surface area (Å²) in [5, 5.41) is 3.75. The standard InChI is InChI=1S/C18H13F2NO3S/c19-14-6-8-17(16(20)10-14)21-18(22)11-25(23,24)15-7-5-12-3-1-2-4-13(12)9-15/h1-10H,11H2,(H,21,22). The minimum atomic E-state index is -3.90. The van der Waals surface area contributed by atoms with Crippen molar-refractivity contribution >= 4 is 32.2 Å². The molecule has 3 aromatic rings. The summed E-state index contributed by atoms with van der Waals surface area (Å²) in [6, 6.07) is 14.4. The summed E-state index contributed by atoms with van der Waals surface area (Å²) >= 11 is 0. The molecule has 0 aliphatic heterocycles. The van der Waals surface area contributed by atoms with E-state index in [1.165, 1.54) is 12.1 Å². The number of carbonyl (C=O) groups is 1. The molecular formula is C18H13F2NO3S. The molecule has 0 fully saturated rings. The molecule has 0 bridgehead atoms. The van der Waals surface area contributed by atoms with Crippen molar-refractivity contribution in [2.24, 2.45) is 0 Å². The third-order valence-corrected chi connectivity index (χ3v) is 5.22. The van der Waals surface area contributed by atoms with Gasteiger partial charge in [-0.05, 0) is 35.0 Å². The molecule has 0 aliphatic carbocycles. The molecule has 128 valence electrons. The topological polar surface area (TPSA) is 63.2 Å². The van der Waals surface area contributed by atoms with Gasteiger partial charge in [-0.25, -0.2) is 17.2 Å². The van der Waals surface area contributed by atoms with Crippen molar-refractivity contribution in [1.82, 2.24) is 0 Å². The highest BCUT2D eigenvalue weighted by Gasteiger charge is 2.20. The zero-order valence-electron chi connectivity index (χ0n) is 12.9. The van der Waals surface area contributed by atoms with Gasteiger partial charge in [0.05, 0.1) is 10.6 Å². The van der Waals surface area contributed by atoms with Crippen molar-refractivity contribution < 1.29 is 22.0 Å². The predicted molar refractivity (Wildman–Crippen MR) is 91.0 cm³/mol. The van der Waals surface area contributed by atoms with E-state index in [0.717, 1.165) is 22.9 Å². The van der Waals surface area contributed by atoms with Crippen LogP contribution in [0.4, 0.5) is 14.5 Å². The van der Waals surface area contributed by atoms with Crippen molar-refractivity contribution in [2.45, 2.75) is 4.90 Å². The van der Waals surface area contributed by atoms with E-state index >= 15 is 0 Å². The molecule has 3 rings (SSSR count). The second-order valence-corrected chi connectivity index (χ2v) is 7.43. The molecular weight excluding hydrogens is 348 g/mol. The zero-order valence-corrected chi connectivity index (χ0v) is 13.7. The highest BCUT2D eigenvalue weighted by Crippen LogP contribution is 2.20. The number of sulfone groups is 1. The second kappa shape index (κ2) is 6.60. The first-order valence-corrected chi connectivity index (χ1v) is 8.97. The summed E-state index contributed by atoms with van der Waals surface area (Å²) in [6.45, 7) is 0. The van der Waals surface area contributed by atoms with Crippen LogP contribution < -0.4 is 5.32 Å². The zero-order chi connectivity index (χ0) is 18.0. The average molecular weight is 361 g/mol. The number of fused-ring (bicyclic) bond motifs is 1. The molecule has 1 N–H and O–H groups in total.